The van der Waals surface area contributed by atoms with Crippen molar-refractivity contribution < 1.29 is 14.3 Å². The molecular weight excluding hydrogens is 432 g/mol. The minimum atomic E-state index is -0.327. The van der Waals surface area contributed by atoms with Crippen molar-refractivity contribution in [3.05, 3.63) is 59.7 Å². The van der Waals surface area contributed by atoms with Crippen LogP contribution >= 0.6 is 0 Å². The fourth-order valence-electron chi connectivity index (χ4n) is 3.52. The number of hydrogen-bond donors (Lipinski definition) is 2. The van der Waals surface area contributed by atoms with Crippen LogP contribution in [0, 0.1) is 0 Å². The standard InChI is InChI=1S/C25H28N6O3/c1-16(2)34-13-7-12-27-25(32)21-22-24(30-20-11-5-4-10-19(20)29-22)31(23(21)26)28-15-17-8-6-9-18(14-17)33-3/h4-6,8-11,14-16H,7,12-13,26H2,1-3H3,(H,27,32)/b28-15+. The zero-order valence-electron chi connectivity index (χ0n) is 19.5. The highest BCUT2D eigenvalue weighted by atomic mass is 16.5. The number of nitrogens with zero attached hydrogens (tertiary/aromatic N) is 4. The Morgan fingerprint density at radius 3 is 2.68 bits per heavy atom. The van der Waals surface area contributed by atoms with Crippen LogP contribution in [-0.2, 0) is 4.74 Å². The van der Waals surface area contributed by atoms with E-state index < -0.39 is 0 Å². The van der Waals surface area contributed by atoms with Crippen LogP contribution in [0.1, 0.15) is 36.2 Å². The number of rotatable bonds is 9. The van der Waals surface area contributed by atoms with Gasteiger partial charge in [0, 0.05) is 13.2 Å². The van der Waals surface area contributed by atoms with E-state index in [0.29, 0.717) is 47.5 Å². The van der Waals surface area contributed by atoms with Crippen LogP contribution in [0.4, 0.5) is 5.82 Å². The lowest BCUT2D eigenvalue weighted by Crippen LogP contribution is -2.26. The normalized spacial score (nSPS) is 11.6. The van der Waals surface area contributed by atoms with Gasteiger partial charge in [-0.1, -0.05) is 24.3 Å². The quantitative estimate of drug-likeness (QED) is 0.291. The van der Waals surface area contributed by atoms with Crippen LogP contribution in [0.25, 0.3) is 22.2 Å². The molecule has 176 valence electrons. The maximum absolute atomic E-state index is 13.1. The SMILES string of the molecule is COc1cccc(/C=N/n2c(N)c(C(=O)NCCCOC(C)C)c3nc4ccccc4nc32)c1. The molecule has 2 aromatic carbocycles. The van der Waals surface area contributed by atoms with Crippen molar-refractivity contribution in [2.24, 2.45) is 5.10 Å². The second-order valence-corrected chi connectivity index (χ2v) is 8.01. The van der Waals surface area contributed by atoms with Crippen molar-refractivity contribution in [2.75, 3.05) is 26.0 Å². The van der Waals surface area contributed by atoms with E-state index in [9.17, 15) is 4.79 Å². The Kier molecular flexibility index (Phi) is 7.03. The number of carbonyl (C=O) groups excluding carboxylic acids is 1. The highest BCUT2D eigenvalue weighted by Gasteiger charge is 2.23. The van der Waals surface area contributed by atoms with Crippen LogP contribution in [0.15, 0.2) is 53.6 Å². The highest BCUT2D eigenvalue weighted by Crippen LogP contribution is 2.28. The molecule has 9 heteroatoms. The third-order valence-electron chi connectivity index (χ3n) is 5.17. The number of ether oxygens (including phenoxy) is 2. The van der Waals surface area contributed by atoms with Crippen molar-refractivity contribution >= 4 is 40.1 Å². The fourth-order valence-corrected chi connectivity index (χ4v) is 3.52. The van der Waals surface area contributed by atoms with Gasteiger partial charge in [0.05, 0.1) is 30.5 Å². The van der Waals surface area contributed by atoms with Gasteiger partial charge in [-0.2, -0.15) is 9.78 Å². The molecule has 0 bridgehead atoms. The Morgan fingerprint density at radius 2 is 1.94 bits per heavy atom. The average molecular weight is 461 g/mol. The molecule has 0 unspecified atom stereocenters. The molecule has 0 saturated carbocycles. The zero-order valence-corrected chi connectivity index (χ0v) is 19.5. The second kappa shape index (κ2) is 10.3. The molecule has 3 N–H and O–H groups in total. The van der Waals surface area contributed by atoms with Gasteiger partial charge in [-0.25, -0.2) is 9.97 Å². The predicted molar refractivity (Wildman–Crippen MR) is 133 cm³/mol. The Morgan fingerprint density at radius 1 is 1.18 bits per heavy atom. The van der Waals surface area contributed by atoms with Gasteiger partial charge < -0.3 is 20.5 Å². The molecular formula is C25H28N6O3. The molecule has 0 radical (unpaired) electrons. The van der Waals surface area contributed by atoms with Gasteiger partial charge in [0.1, 0.15) is 22.6 Å². The summed E-state index contributed by atoms with van der Waals surface area (Å²) in [6.07, 6.45) is 2.47. The van der Waals surface area contributed by atoms with Crippen LogP contribution < -0.4 is 15.8 Å². The maximum atomic E-state index is 13.1. The van der Waals surface area contributed by atoms with Crippen molar-refractivity contribution in [3.63, 3.8) is 0 Å². The van der Waals surface area contributed by atoms with E-state index in [1.807, 2.05) is 62.4 Å². The number of nitrogens with two attached hydrogens (primary N) is 1. The first-order valence-corrected chi connectivity index (χ1v) is 11.1. The molecule has 4 aromatic rings. The number of methoxy groups -OCH3 is 1. The molecule has 34 heavy (non-hydrogen) atoms. The van der Waals surface area contributed by atoms with E-state index in [2.05, 4.69) is 15.4 Å². The lowest BCUT2D eigenvalue weighted by molar-refractivity contribution is 0.0757. The Labute approximate surface area is 197 Å². The number of nitrogen functional groups attached to an aromatic ring is 1. The van der Waals surface area contributed by atoms with Crippen LogP contribution in [-0.4, -0.2) is 53.1 Å². The molecule has 0 fully saturated rings. The van der Waals surface area contributed by atoms with Crippen molar-refractivity contribution in [1.82, 2.24) is 20.0 Å². The largest absolute Gasteiger partial charge is 0.497 e. The topological polar surface area (TPSA) is 117 Å². The van der Waals surface area contributed by atoms with E-state index in [-0.39, 0.29) is 23.4 Å². The van der Waals surface area contributed by atoms with Crippen LogP contribution in [0.2, 0.25) is 0 Å². The molecule has 2 heterocycles. The number of amides is 1. The third kappa shape index (κ3) is 4.99. The Balaban J connectivity index is 1.71. The molecule has 9 nitrogen and oxygen atoms in total. The molecule has 2 aromatic heterocycles. The van der Waals surface area contributed by atoms with Gasteiger partial charge in [0.15, 0.2) is 5.65 Å². The third-order valence-corrected chi connectivity index (χ3v) is 5.17. The van der Waals surface area contributed by atoms with Crippen molar-refractivity contribution in [2.45, 2.75) is 26.4 Å². The molecule has 0 aliphatic heterocycles. The summed E-state index contributed by atoms with van der Waals surface area (Å²) >= 11 is 0. The maximum Gasteiger partial charge on any atom is 0.257 e. The van der Waals surface area contributed by atoms with Crippen molar-refractivity contribution in [1.29, 1.82) is 0 Å². The first-order valence-electron chi connectivity index (χ1n) is 11.1. The first-order chi connectivity index (χ1) is 16.5. The summed E-state index contributed by atoms with van der Waals surface area (Å²) in [6, 6.07) is 14.9. The molecule has 0 aliphatic rings. The van der Waals surface area contributed by atoms with Gasteiger partial charge in [0.25, 0.3) is 5.91 Å². The summed E-state index contributed by atoms with van der Waals surface area (Å²) in [4.78, 5) is 22.5. The van der Waals surface area contributed by atoms with Gasteiger partial charge >= 0.3 is 0 Å². The molecule has 4 rings (SSSR count). The summed E-state index contributed by atoms with van der Waals surface area (Å²) in [7, 11) is 1.61. The number of hydrogen-bond acceptors (Lipinski definition) is 7. The summed E-state index contributed by atoms with van der Waals surface area (Å²) in [6.45, 7) is 4.96. The predicted octanol–water partition coefficient (Wildman–Crippen LogP) is 3.60. The van der Waals surface area contributed by atoms with Gasteiger partial charge in [-0.3, -0.25) is 4.79 Å². The van der Waals surface area contributed by atoms with E-state index in [1.54, 1.807) is 13.3 Å². The smallest absolute Gasteiger partial charge is 0.257 e. The highest BCUT2D eigenvalue weighted by molar-refractivity contribution is 6.10. The number of nitrogens with one attached hydrogen (secondary N) is 1. The average Bonchev–Trinajstić information content (AvgIpc) is 3.10. The minimum absolute atomic E-state index is 0.148. The van der Waals surface area contributed by atoms with Gasteiger partial charge in [0.2, 0.25) is 0 Å². The zero-order chi connectivity index (χ0) is 24.1. The van der Waals surface area contributed by atoms with E-state index in [1.165, 1.54) is 4.68 Å². The number of benzene rings is 2. The number of carbonyl (C=O) groups is 1. The van der Waals surface area contributed by atoms with Crippen molar-refractivity contribution in [3.8, 4) is 5.75 Å². The van der Waals surface area contributed by atoms with Gasteiger partial charge in [-0.15, -0.1) is 0 Å². The second-order valence-electron chi connectivity index (χ2n) is 8.01. The molecule has 0 atom stereocenters. The Hall–Kier alpha value is -3.98. The van der Waals surface area contributed by atoms with E-state index in [4.69, 9.17) is 20.2 Å². The van der Waals surface area contributed by atoms with Crippen LogP contribution in [0.5, 0.6) is 5.75 Å². The molecule has 0 saturated heterocycles. The lowest BCUT2D eigenvalue weighted by atomic mass is 10.2. The number of aromatic nitrogens is 3. The molecule has 0 aliphatic carbocycles. The number of anilines is 1. The lowest BCUT2D eigenvalue weighted by Gasteiger charge is -2.08. The van der Waals surface area contributed by atoms with Gasteiger partial charge in [-0.05, 0) is 50.1 Å². The molecule has 0 spiro atoms. The first kappa shape index (κ1) is 23.2. The summed E-state index contributed by atoms with van der Waals surface area (Å²) in [5.74, 6) is 0.550. The number of fused-ring (bicyclic) bond motifs is 2. The monoisotopic (exact) mass is 460 g/mol. The number of para-hydroxylation sites is 2. The van der Waals surface area contributed by atoms with Crippen LogP contribution in [0.3, 0.4) is 0 Å². The van der Waals surface area contributed by atoms with E-state index >= 15 is 0 Å². The summed E-state index contributed by atoms with van der Waals surface area (Å²) in [5.41, 5.74) is 9.65. The molecule has 1 amide bonds. The minimum Gasteiger partial charge on any atom is -0.497 e. The summed E-state index contributed by atoms with van der Waals surface area (Å²) in [5, 5.41) is 7.43. The fraction of sp³-hybridized carbons (Fsp3) is 0.280. The summed E-state index contributed by atoms with van der Waals surface area (Å²) < 4.78 is 12.3. The van der Waals surface area contributed by atoms with E-state index in [0.717, 1.165) is 5.56 Å². The Bertz CT molecular complexity index is 1350.